The summed E-state index contributed by atoms with van der Waals surface area (Å²) >= 11 is 1.72. The third kappa shape index (κ3) is 2.46. The van der Waals surface area contributed by atoms with Crippen LogP contribution < -0.4 is 5.32 Å². The molecule has 0 saturated carbocycles. The predicted molar refractivity (Wildman–Crippen MR) is 64.1 cm³/mol. The van der Waals surface area contributed by atoms with Crippen LogP contribution in [0.4, 0.5) is 0 Å². The summed E-state index contributed by atoms with van der Waals surface area (Å²) in [5, 5.41) is 7.56. The number of hydrogen-bond donors (Lipinski definition) is 1. The number of nitrogens with zero attached hydrogens (tertiary/aromatic N) is 2. The fraction of sp³-hybridized carbons (Fsp3) is 0.364. The molecule has 0 spiro atoms. The van der Waals surface area contributed by atoms with Crippen molar-refractivity contribution in [2.75, 3.05) is 13.1 Å². The quantitative estimate of drug-likeness (QED) is 0.785. The standard InChI is InChI=1S/C11H15N3S/c1-2-12-4-5-14-9-13-7-11(14)10-3-6-15-8-10/h3,6-9,12H,2,4-5H2,1H3. The molecule has 2 aromatic rings. The third-order valence-corrected chi connectivity index (χ3v) is 2.99. The van der Waals surface area contributed by atoms with Gasteiger partial charge in [0.05, 0.1) is 18.2 Å². The highest BCUT2D eigenvalue weighted by Crippen LogP contribution is 2.21. The van der Waals surface area contributed by atoms with Crippen molar-refractivity contribution < 1.29 is 0 Å². The lowest BCUT2D eigenvalue weighted by molar-refractivity contribution is 0.616. The molecule has 0 atom stereocenters. The van der Waals surface area contributed by atoms with Gasteiger partial charge in [0.2, 0.25) is 0 Å². The molecular weight excluding hydrogens is 206 g/mol. The molecule has 0 bridgehead atoms. The van der Waals surface area contributed by atoms with Crippen molar-refractivity contribution in [3.63, 3.8) is 0 Å². The highest BCUT2D eigenvalue weighted by molar-refractivity contribution is 7.08. The maximum atomic E-state index is 4.20. The lowest BCUT2D eigenvalue weighted by Gasteiger charge is -2.06. The minimum absolute atomic E-state index is 0.971. The van der Waals surface area contributed by atoms with Crippen molar-refractivity contribution in [3.05, 3.63) is 29.4 Å². The lowest BCUT2D eigenvalue weighted by atomic mass is 10.2. The van der Waals surface area contributed by atoms with Crippen LogP contribution in [0, 0.1) is 0 Å². The van der Waals surface area contributed by atoms with E-state index in [0.717, 1.165) is 19.6 Å². The summed E-state index contributed by atoms with van der Waals surface area (Å²) in [5.41, 5.74) is 2.46. The smallest absolute Gasteiger partial charge is 0.0951 e. The van der Waals surface area contributed by atoms with Crippen molar-refractivity contribution in [1.29, 1.82) is 0 Å². The maximum Gasteiger partial charge on any atom is 0.0951 e. The molecule has 2 rings (SSSR count). The van der Waals surface area contributed by atoms with Gasteiger partial charge in [0.15, 0.2) is 0 Å². The predicted octanol–water partition coefficient (Wildman–Crippen LogP) is 2.22. The molecule has 3 nitrogen and oxygen atoms in total. The van der Waals surface area contributed by atoms with Crippen LogP contribution in [0.5, 0.6) is 0 Å². The van der Waals surface area contributed by atoms with Crippen molar-refractivity contribution in [2.45, 2.75) is 13.5 Å². The van der Waals surface area contributed by atoms with Crippen LogP contribution in [0.3, 0.4) is 0 Å². The molecule has 0 fully saturated rings. The summed E-state index contributed by atoms with van der Waals surface area (Å²) in [5.74, 6) is 0. The Labute approximate surface area is 93.8 Å². The average molecular weight is 221 g/mol. The first-order valence-corrected chi connectivity index (χ1v) is 6.09. The second kappa shape index (κ2) is 5.09. The number of nitrogens with one attached hydrogen (secondary N) is 1. The summed E-state index contributed by atoms with van der Waals surface area (Å²) < 4.78 is 2.19. The van der Waals surface area contributed by atoms with Gasteiger partial charge in [-0.2, -0.15) is 11.3 Å². The molecule has 0 aliphatic heterocycles. The van der Waals surface area contributed by atoms with Crippen LogP contribution in [0.2, 0.25) is 0 Å². The maximum absolute atomic E-state index is 4.20. The molecule has 0 unspecified atom stereocenters. The molecule has 0 radical (unpaired) electrons. The molecule has 0 aliphatic carbocycles. The minimum atomic E-state index is 0.971. The molecule has 2 heterocycles. The van der Waals surface area contributed by atoms with E-state index in [1.165, 1.54) is 11.3 Å². The third-order valence-electron chi connectivity index (χ3n) is 2.31. The number of aromatic nitrogens is 2. The molecule has 0 aromatic carbocycles. The fourth-order valence-corrected chi connectivity index (χ4v) is 2.18. The van der Waals surface area contributed by atoms with Gasteiger partial charge in [0.25, 0.3) is 0 Å². The first-order chi connectivity index (χ1) is 7.42. The lowest BCUT2D eigenvalue weighted by Crippen LogP contribution is -2.19. The van der Waals surface area contributed by atoms with Crippen LogP contribution in [0.1, 0.15) is 6.92 Å². The average Bonchev–Trinajstić information content (AvgIpc) is 2.87. The van der Waals surface area contributed by atoms with E-state index in [0.29, 0.717) is 0 Å². The Morgan fingerprint density at radius 1 is 1.53 bits per heavy atom. The molecular formula is C11H15N3S. The number of thiophene rings is 1. The largest absolute Gasteiger partial charge is 0.329 e. The summed E-state index contributed by atoms with van der Waals surface area (Å²) in [6, 6.07) is 2.13. The Bertz CT molecular complexity index is 392. The number of hydrogen-bond acceptors (Lipinski definition) is 3. The van der Waals surface area contributed by atoms with Crippen LogP contribution in [0.25, 0.3) is 11.3 Å². The zero-order valence-corrected chi connectivity index (χ0v) is 9.63. The zero-order valence-electron chi connectivity index (χ0n) is 8.81. The van der Waals surface area contributed by atoms with Crippen LogP contribution in [-0.4, -0.2) is 22.6 Å². The molecule has 4 heteroatoms. The topological polar surface area (TPSA) is 29.9 Å². The number of likely N-dealkylation sites (N-methyl/N-ethyl adjacent to an activating group) is 1. The molecule has 0 saturated heterocycles. The first-order valence-electron chi connectivity index (χ1n) is 5.15. The molecule has 0 amide bonds. The number of rotatable bonds is 5. The van der Waals surface area contributed by atoms with Crippen molar-refractivity contribution in [2.24, 2.45) is 0 Å². The van der Waals surface area contributed by atoms with Crippen molar-refractivity contribution >= 4 is 11.3 Å². The van der Waals surface area contributed by atoms with E-state index in [2.05, 4.69) is 38.6 Å². The monoisotopic (exact) mass is 221 g/mol. The first kappa shape index (κ1) is 10.4. The Balaban J connectivity index is 2.09. The van der Waals surface area contributed by atoms with Crippen molar-refractivity contribution in [3.8, 4) is 11.3 Å². The Hall–Kier alpha value is -1.13. The minimum Gasteiger partial charge on any atom is -0.329 e. The summed E-state index contributed by atoms with van der Waals surface area (Å²) in [7, 11) is 0. The number of imidazole rings is 1. The summed E-state index contributed by atoms with van der Waals surface area (Å²) in [4.78, 5) is 4.20. The molecule has 1 N–H and O–H groups in total. The normalized spacial score (nSPS) is 10.7. The molecule has 15 heavy (non-hydrogen) atoms. The van der Waals surface area contributed by atoms with E-state index in [1.54, 1.807) is 11.3 Å². The van der Waals surface area contributed by atoms with E-state index in [4.69, 9.17) is 0 Å². The van der Waals surface area contributed by atoms with Gasteiger partial charge < -0.3 is 9.88 Å². The Kier molecular flexibility index (Phi) is 3.53. The van der Waals surface area contributed by atoms with Gasteiger partial charge in [-0.1, -0.05) is 6.92 Å². The molecule has 80 valence electrons. The van der Waals surface area contributed by atoms with E-state index >= 15 is 0 Å². The summed E-state index contributed by atoms with van der Waals surface area (Å²) in [6.07, 6.45) is 3.82. The van der Waals surface area contributed by atoms with Gasteiger partial charge in [0, 0.05) is 24.0 Å². The van der Waals surface area contributed by atoms with E-state index in [9.17, 15) is 0 Å². The fourth-order valence-electron chi connectivity index (χ4n) is 1.53. The SMILES string of the molecule is CCNCCn1cncc1-c1ccsc1. The highest BCUT2D eigenvalue weighted by Gasteiger charge is 2.04. The van der Waals surface area contributed by atoms with Crippen LogP contribution in [0.15, 0.2) is 29.4 Å². The van der Waals surface area contributed by atoms with Gasteiger partial charge in [-0.25, -0.2) is 4.98 Å². The van der Waals surface area contributed by atoms with E-state index in [1.807, 2.05) is 12.5 Å². The van der Waals surface area contributed by atoms with Gasteiger partial charge in [-0.05, 0) is 18.0 Å². The van der Waals surface area contributed by atoms with Crippen LogP contribution >= 0.6 is 11.3 Å². The second-order valence-electron chi connectivity index (χ2n) is 3.34. The Morgan fingerprint density at radius 2 is 2.47 bits per heavy atom. The van der Waals surface area contributed by atoms with E-state index in [-0.39, 0.29) is 0 Å². The van der Waals surface area contributed by atoms with Crippen LogP contribution in [-0.2, 0) is 6.54 Å². The van der Waals surface area contributed by atoms with Gasteiger partial charge in [0.1, 0.15) is 0 Å². The Morgan fingerprint density at radius 3 is 3.20 bits per heavy atom. The molecule has 2 aromatic heterocycles. The highest BCUT2D eigenvalue weighted by atomic mass is 32.1. The van der Waals surface area contributed by atoms with E-state index < -0.39 is 0 Å². The van der Waals surface area contributed by atoms with Gasteiger partial charge in [-0.15, -0.1) is 0 Å². The molecule has 0 aliphatic rings. The van der Waals surface area contributed by atoms with Gasteiger partial charge in [-0.3, -0.25) is 0 Å². The zero-order chi connectivity index (χ0) is 10.5. The van der Waals surface area contributed by atoms with Gasteiger partial charge >= 0.3 is 0 Å². The summed E-state index contributed by atoms with van der Waals surface area (Å²) in [6.45, 7) is 5.10. The van der Waals surface area contributed by atoms with Crippen molar-refractivity contribution in [1.82, 2.24) is 14.9 Å². The second-order valence-corrected chi connectivity index (χ2v) is 4.12.